The Morgan fingerprint density at radius 3 is 2.64 bits per heavy atom. The largest absolute Gasteiger partial charge is 0.493 e. The van der Waals surface area contributed by atoms with Crippen molar-refractivity contribution in [2.24, 2.45) is 5.92 Å². The number of nitrogens with one attached hydrogen (secondary N) is 1. The summed E-state index contributed by atoms with van der Waals surface area (Å²) in [7, 11) is 1.57. The minimum absolute atomic E-state index is 0.189. The van der Waals surface area contributed by atoms with Crippen LogP contribution in [0.3, 0.4) is 0 Å². The number of nitrogens with zero attached hydrogens (tertiary/aromatic N) is 1. The fraction of sp³-hybridized carbons (Fsp3) is 0.486. The number of anilines is 1. The second-order valence-corrected chi connectivity index (χ2v) is 13.9. The van der Waals surface area contributed by atoms with E-state index in [1.165, 1.54) is 24.0 Å². The van der Waals surface area contributed by atoms with Gasteiger partial charge in [-0.2, -0.15) is 0 Å². The Balaban J connectivity index is 1.25. The molecule has 240 valence electrons. The molecule has 45 heavy (non-hydrogen) atoms. The Bertz CT molecular complexity index is 1550. The number of carboxylic acids is 1. The van der Waals surface area contributed by atoms with E-state index in [9.17, 15) is 9.90 Å². The maximum atomic E-state index is 15.1. The minimum Gasteiger partial charge on any atom is -0.493 e. The van der Waals surface area contributed by atoms with E-state index in [1.807, 2.05) is 18.2 Å². The predicted molar refractivity (Wildman–Crippen MR) is 176 cm³/mol. The molecule has 6 nitrogen and oxygen atoms in total. The molecule has 0 bridgehead atoms. The Morgan fingerprint density at radius 2 is 1.91 bits per heavy atom. The molecule has 6 rings (SSSR count). The molecule has 8 heteroatoms. The number of carboxylic acid groups (broad SMARTS) is 1. The SMILES string of the molecule is COCc1cc2c(cc1F)CN(C[C@@H](C)COc1cccc3c1[C@H](C)CCC3)C21CCC(Nc2cccc(Cl)c2)(C(=O)O)CC1. The highest BCUT2D eigenvalue weighted by Crippen LogP contribution is 2.52. The number of fused-ring (bicyclic) bond motifs is 3. The Kier molecular flexibility index (Phi) is 9.15. The fourth-order valence-corrected chi connectivity index (χ4v) is 8.25. The molecular formula is C37H44ClFN2O4. The van der Waals surface area contributed by atoms with E-state index >= 15 is 4.39 Å². The van der Waals surface area contributed by atoms with Crippen LogP contribution in [0.25, 0.3) is 0 Å². The van der Waals surface area contributed by atoms with Crippen LogP contribution < -0.4 is 10.1 Å². The number of carbonyl (C=O) groups is 1. The Hall–Kier alpha value is -3.13. The molecule has 3 aromatic rings. The molecule has 2 atom stereocenters. The first-order valence-electron chi connectivity index (χ1n) is 16.2. The molecule has 1 aliphatic heterocycles. The summed E-state index contributed by atoms with van der Waals surface area (Å²) in [6, 6.07) is 17.3. The van der Waals surface area contributed by atoms with Gasteiger partial charge in [-0.3, -0.25) is 4.90 Å². The minimum atomic E-state index is -1.13. The van der Waals surface area contributed by atoms with Crippen LogP contribution in [-0.2, 0) is 34.6 Å². The van der Waals surface area contributed by atoms with Gasteiger partial charge >= 0.3 is 5.97 Å². The first kappa shape index (κ1) is 31.8. The topological polar surface area (TPSA) is 71.0 Å². The van der Waals surface area contributed by atoms with Gasteiger partial charge in [0.1, 0.15) is 17.1 Å². The van der Waals surface area contributed by atoms with Crippen LogP contribution in [0, 0.1) is 11.7 Å². The van der Waals surface area contributed by atoms with Crippen molar-refractivity contribution in [1.29, 1.82) is 0 Å². The van der Waals surface area contributed by atoms with Gasteiger partial charge in [0.2, 0.25) is 0 Å². The van der Waals surface area contributed by atoms with E-state index < -0.39 is 17.0 Å². The van der Waals surface area contributed by atoms with Gasteiger partial charge in [-0.05, 0) is 104 Å². The second-order valence-electron chi connectivity index (χ2n) is 13.5. The number of rotatable bonds is 10. The highest BCUT2D eigenvalue weighted by molar-refractivity contribution is 6.30. The normalized spacial score (nSPS) is 25.0. The smallest absolute Gasteiger partial charge is 0.329 e. The van der Waals surface area contributed by atoms with Crippen LogP contribution >= 0.6 is 11.6 Å². The van der Waals surface area contributed by atoms with E-state index in [-0.39, 0.29) is 18.3 Å². The second kappa shape index (κ2) is 12.9. The van der Waals surface area contributed by atoms with Crippen molar-refractivity contribution in [3.05, 3.63) is 93.3 Å². The summed E-state index contributed by atoms with van der Waals surface area (Å²) >= 11 is 6.22. The molecule has 1 spiro atoms. The fourth-order valence-electron chi connectivity index (χ4n) is 8.06. The number of benzene rings is 3. The van der Waals surface area contributed by atoms with Crippen LogP contribution in [0.2, 0.25) is 5.02 Å². The number of hydrogen-bond acceptors (Lipinski definition) is 5. The lowest BCUT2D eigenvalue weighted by atomic mass is 9.68. The maximum Gasteiger partial charge on any atom is 0.329 e. The van der Waals surface area contributed by atoms with Crippen molar-refractivity contribution < 1.29 is 23.8 Å². The lowest BCUT2D eigenvalue weighted by molar-refractivity contribution is -0.145. The van der Waals surface area contributed by atoms with E-state index in [0.29, 0.717) is 61.0 Å². The molecular weight excluding hydrogens is 591 g/mol. The van der Waals surface area contributed by atoms with Crippen molar-refractivity contribution in [3.8, 4) is 5.75 Å². The number of aryl methyl sites for hydroxylation is 1. The van der Waals surface area contributed by atoms with Gasteiger partial charge in [-0.25, -0.2) is 9.18 Å². The van der Waals surface area contributed by atoms with Gasteiger partial charge in [0.25, 0.3) is 0 Å². The molecule has 0 unspecified atom stereocenters. The zero-order chi connectivity index (χ0) is 31.8. The van der Waals surface area contributed by atoms with Crippen molar-refractivity contribution in [2.45, 2.75) is 88.9 Å². The third-order valence-electron chi connectivity index (χ3n) is 10.4. The number of halogens is 2. The van der Waals surface area contributed by atoms with E-state index in [1.54, 1.807) is 25.3 Å². The van der Waals surface area contributed by atoms with Gasteiger partial charge in [0, 0.05) is 53.5 Å². The molecule has 0 saturated heterocycles. The van der Waals surface area contributed by atoms with Crippen LogP contribution in [0.15, 0.2) is 54.6 Å². The summed E-state index contributed by atoms with van der Waals surface area (Å²) in [4.78, 5) is 15.3. The van der Waals surface area contributed by atoms with Crippen LogP contribution in [0.1, 0.15) is 86.1 Å². The highest BCUT2D eigenvalue weighted by Gasteiger charge is 2.53. The molecule has 2 N–H and O–H groups in total. The van der Waals surface area contributed by atoms with Gasteiger partial charge in [0.15, 0.2) is 0 Å². The van der Waals surface area contributed by atoms with Crippen molar-refractivity contribution >= 4 is 23.3 Å². The third kappa shape index (κ3) is 6.19. The molecule has 0 amide bonds. The van der Waals surface area contributed by atoms with E-state index in [0.717, 1.165) is 29.8 Å². The highest BCUT2D eigenvalue weighted by atomic mass is 35.5. The summed E-state index contributed by atoms with van der Waals surface area (Å²) < 4.78 is 27.0. The number of methoxy groups -OCH3 is 1. The Labute approximate surface area is 270 Å². The summed E-state index contributed by atoms with van der Waals surface area (Å²) in [5.41, 5.74) is 4.51. The van der Waals surface area contributed by atoms with Gasteiger partial charge in [-0.15, -0.1) is 0 Å². The molecule has 0 aromatic heterocycles. The number of ether oxygens (including phenoxy) is 2. The predicted octanol–water partition coefficient (Wildman–Crippen LogP) is 8.30. The van der Waals surface area contributed by atoms with Crippen molar-refractivity contribution in [1.82, 2.24) is 4.90 Å². The average molecular weight is 635 g/mol. The monoisotopic (exact) mass is 634 g/mol. The molecule has 1 heterocycles. The first-order valence-corrected chi connectivity index (χ1v) is 16.6. The molecule has 0 radical (unpaired) electrons. The van der Waals surface area contributed by atoms with E-state index in [4.69, 9.17) is 21.1 Å². The number of aliphatic carboxylic acids is 1. The molecule has 3 aromatic carbocycles. The summed E-state index contributed by atoms with van der Waals surface area (Å²) in [6.07, 6.45) is 5.58. The van der Waals surface area contributed by atoms with Gasteiger partial charge in [0.05, 0.1) is 13.2 Å². The zero-order valence-corrected chi connectivity index (χ0v) is 27.3. The number of hydrogen-bond donors (Lipinski definition) is 2. The summed E-state index contributed by atoms with van der Waals surface area (Å²) in [5.74, 6) is 0.553. The molecule has 1 saturated carbocycles. The molecule has 3 aliphatic rings. The first-order chi connectivity index (χ1) is 21.6. The van der Waals surface area contributed by atoms with Crippen LogP contribution in [-0.4, -0.2) is 41.8 Å². The van der Waals surface area contributed by atoms with Crippen molar-refractivity contribution in [3.63, 3.8) is 0 Å². The van der Waals surface area contributed by atoms with Crippen LogP contribution in [0.4, 0.5) is 10.1 Å². The summed E-state index contributed by atoms with van der Waals surface area (Å²) in [6.45, 7) is 6.63. The average Bonchev–Trinajstić information content (AvgIpc) is 3.28. The van der Waals surface area contributed by atoms with Gasteiger partial charge in [-0.1, -0.05) is 43.6 Å². The lowest BCUT2D eigenvalue weighted by Crippen LogP contribution is -2.55. The standard InChI is InChI=1S/C37H44ClFN2O4/c1-24(22-45-33-12-5-9-26-8-4-7-25(2)34(26)33)20-41-21-27-18-32(39)28(23-44-3)17-31(27)37(41)15-13-36(14-16-37,35(42)43)40-30-11-6-10-29(38)19-30/h5-6,9-12,17-19,24-25,40H,4,7-8,13-16,20-23H2,1-3H3,(H,42,43)/t24-,25-,36?,37?/m1/s1. The lowest BCUT2D eigenvalue weighted by Gasteiger charge is -2.48. The van der Waals surface area contributed by atoms with Crippen molar-refractivity contribution in [2.75, 3.05) is 25.6 Å². The zero-order valence-electron chi connectivity index (χ0n) is 26.5. The summed E-state index contributed by atoms with van der Waals surface area (Å²) in [5, 5.41) is 14.4. The quantitative estimate of drug-likeness (QED) is 0.234. The molecule has 1 fully saturated rings. The third-order valence-corrected chi connectivity index (χ3v) is 10.6. The maximum absolute atomic E-state index is 15.1. The molecule has 2 aliphatic carbocycles. The Morgan fingerprint density at radius 1 is 1.13 bits per heavy atom. The van der Waals surface area contributed by atoms with Crippen LogP contribution in [0.5, 0.6) is 5.75 Å². The van der Waals surface area contributed by atoms with E-state index in [2.05, 4.69) is 42.3 Å². The van der Waals surface area contributed by atoms with Gasteiger partial charge < -0.3 is 19.9 Å².